The van der Waals surface area contributed by atoms with Crippen LogP contribution < -0.4 is 10.1 Å². The van der Waals surface area contributed by atoms with Gasteiger partial charge >= 0.3 is 0 Å². The molecule has 0 atom stereocenters. The lowest BCUT2D eigenvalue weighted by Crippen LogP contribution is -2.13. The molecule has 0 aromatic heterocycles. The number of nitrogens with one attached hydrogen (secondary N) is 1. The maximum Gasteiger partial charge on any atom is 0.266 e. The first-order valence-electron chi connectivity index (χ1n) is 8.90. The number of nitriles is 1. The van der Waals surface area contributed by atoms with E-state index in [0.717, 1.165) is 5.56 Å². The first kappa shape index (κ1) is 23.0. The Morgan fingerprint density at radius 3 is 2.29 bits per heavy atom. The molecule has 3 aromatic carbocycles. The molecular weight excluding hydrogens is 551 g/mol. The predicted octanol–water partition coefficient (Wildman–Crippen LogP) is 7.13. The van der Waals surface area contributed by atoms with E-state index in [2.05, 4.69) is 37.2 Å². The molecule has 0 unspecified atom stereocenters. The summed E-state index contributed by atoms with van der Waals surface area (Å²) in [4.78, 5) is 12.4. The number of hydrogen-bond acceptors (Lipinski definition) is 3. The number of carbonyl (C=O) groups excluding carboxylic acids is 1. The molecule has 0 saturated heterocycles. The Morgan fingerprint density at radius 1 is 1.10 bits per heavy atom. The maximum absolute atomic E-state index is 13.0. The summed E-state index contributed by atoms with van der Waals surface area (Å²) >= 11 is 12.8. The van der Waals surface area contributed by atoms with E-state index in [4.69, 9.17) is 16.3 Å². The van der Waals surface area contributed by atoms with Gasteiger partial charge in [-0.2, -0.15) is 5.26 Å². The predicted molar refractivity (Wildman–Crippen MR) is 126 cm³/mol. The van der Waals surface area contributed by atoms with Gasteiger partial charge in [0, 0.05) is 10.7 Å². The summed E-state index contributed by atoms with van der Waals surface area (Å²) in [5.74, 6) is -0.423. The molecule has 0 heterocycles. The molecule has 1 N–H and O–H groups in total. The van der Waals surface area contributed by atoms with Gasteiger partial charge in [-0.15, -0.1) is 0 Å². The van der Waals surface area contributed by atoms with Crippen molar-refractivity contribution in [3.05, 3.63) is 97.1 Å². The topological polar surface area (TPSA) is 62.1 Å². The average Bonchev–Trinajstić information content (AvgIpc) is 2.74. The Bertz CT molecular complexity index is 1150. The lowest BCUT2D eigenvalue weighted by Gasteiger charge is -2.12. The summed E-state index contributed by atoms with van der Waals surface area (Å²) in [5.41, 5.74) is 1.86. The van der Waals surface area contributed by atoms with Gasteiger partial charge in [0.2, 0.25) is 0 Å². The van der Waals surface area contributed by atoms with Crippen LogP contribution in [0.4, 0.5) is 10.1 Å². The van der Waals surface area contributed by atoms with Crippen molar-refractivity contribution < 1.29 is 13.9 Å². The number of benzene rings is 3. The van der Waals surface area contributed by atoms with Gasteiger partial charge < -0.3 is 10.1 Å². The molecule has 4 nitrogen and oxygen atoms in total. The zero-order chi connectivity index (χ0) is 22.4. The number of carbonyl (C=O) groups is 1. The molecule has 1 amide bonds. The van der Waals surface area contributed by atoms with Crippen molar-refractivity contribution in [1.29, 1.82) is 5.26 Å². The molecular formula is C23H14Br2ClFN2O2. The molecule has 0 radical (unpaired) electrons. The molecule has 3 aromatic rings. The lowest BCUT2D eigenvalue weighted by molar-refractivity contribution is -0.112. The van der Waals surface area contributed by atoms with Crippen LogP contribution >= 0.6 is 43.5 Å². The van der Waals surface area contributed by atoms with Gasteiger partial charge in [-0.25, -0.2) is 4.39 Å². The number of rotatable bonds is 6. The van der Waals surface area contributed by atoms with Crippen LogP contribution in [0, 0.1) is 17.1 Å². The Hall–Kier alpha value is -2.66. The normalized spacial score (nSPS) is 11.0. The largest absolute Gasteiger partial charge is 0.487 e. The highest BCUT2D eigenvalue weighted by Crippen LogP contribution is 2.36. The summed E-state index contributed by atoms with van der Waals surface area (Å²) < 4.78 is 20.2. The number of nitrogens with zero attached hydrogens (tertiary/aromatic N) is 1. The second-order valence-electron chi connectivity index (χ2n) is 6.36. The van der Waals surface area contributed by atoms with E-state index < -0.39 is 11.7 Å². The van der Waals surface area contributed by atoms with E-state index >= 15 is 0 Å². The van der Waals surface area contributed by atoms with E-state index in [9.17, 15) is 14.4 Å². The third-order valence-corrected chi connectivity index (χ3v) is 5.53. The minimum atomic E-state index is -0.593. The van der Waals surface area contributed by atoms with Crippen LogP contribution in [-0.2, 0) is 11.4 Å². The summed E-state index contributed by atoms with van der Waals surface area (Å²) in [6.45, 7) is 0.340. The molecule has 0 fully saturated rings. The highest BCUT2D eigenvalue weighted by Gasteiger charge is 2.13. The van der Waals surface area contributed by atoms with Gasteiger partial charge in [-0.05, 0) is 97.6 Å². The van der Waals surface area contributed by atoms with Crippen molar-refractivity contribution in [2.24, 2.45) is 0 Å². The van der Waals surface area contributed by atoms with Crippen molar-refractivity contribution in [1.82, 2.24) is 0 Å². The fourth-order valence-corrected chi connectivity index (χ4v) is 4.16. The Kier molecular flexibility index (Phi) is 7.85. The van der Waals surface area contributed by atoms with Crippen LogP contribution in [0.2, 0.25) is 5.02 Å². The van der Waals surface area contributed by atoms with Crippen LogP contribution in [-0.4, -0.2) is 5.91 Å². The summed E-state index contributed by atoms with van der Waals surface area (Å²) in [6.07, 6.45) is 1.46. The first-order chi connectivity index (χ1) is 14.9. The van der Waals surface area contributed by atoms with Crippen LogP contribution in [0.5, 0.6) is 5.75 Å². The fourth-order valence-electron chi connectivity index (χ4n) is 2.58. The second-order valence-corrected chi connectivity index (χ2v) is 8.50. The molecule has 31 heavy (non-hydrogen) atoms. The Labute approximate surface area is 200 Å². The zero-order valence-corrected chi connectivity index (χ0v) is 19.8. The van der Waals surface area contributed by atoms with E-state index in [1.807, 2.05) is 18.2 Å². The standard InChI is InChI=1S/C23H14Br2ClFN2O2/c24-20-10-15(9-16(12-28)23(30)29-19-7-5-18(27)6-8-19)11-21(25)22(20)31-13-14-1-3-17(26)4-2-14/h1-11H,13H2,(H,29,30)/b16-9+. The van der Waals surface area contributed by atoms with Gasteiger partial charge in [-0.3, -0.25) is 4.79 Å². The van der Waals surface area contributed by atoms with Crippen LogP contribution in [0.1, 0.15) is 11.1 Å². The third kappa shape index (κ3) is 6.41. The second kappa shape index (κ2) is 10.6. The van der Waals surface area contributed by atoms with E-state index in [1.54, 1.807) is 24.3 Å². The lowest BCUT2D eigenvalue weighted by atomic mass is 10.1. The molecule has 0 saturated carbocycles. The minimum absolute atomic E-state index is 0.0991. The maximum atomic E-state index is 13.0. The molecule has 8 heteroatoms. The summed E-state index contributed by atoms with van der Waals surface area (Å²) in [6, 6.07) is 18.0. The van der Waals surface area contributed by atoms with Crippen LogP contribution in [0.15, 0.2) is 75.2 Å². The van der Waals surface area contributed by atoms with E-state index in [-0.39, 0.29) is 5.57 Å². The molecule has 0 bridgehead atoms. The Morgan fingerprint density at radius 2 is 1.71 bits per heavy atom. The quantitative estimate of drug-likeness (QED) is 0.256. The van der Waals surface area contributed by atoms with E-state index in [1.165, 1.54) is 30.3 Å². The molecule has 156 valence electrons. The molecule has 0 aliphatic heterocycles. The fraction of sp³-hybridized carbons (Fsp3) is 0.0435. The Balaban J connectivity index is 1.76. The monoisotopic (exact) mass is 562 g/mol. The molecule has 0 aliphatic carbocycles. The molecule has 0 aliphatic rings. The highest BCUT2D eigenvalue weighted by molar-refractivity contribution is 9.11. The van der Waals surface area contributed by atoms with Crippen molar-refractivity contribution >= 4 is 61.1 Å². The van der Waals surface area contributed by atoms with Crippen molar-refractivity contribution in [2.45, 2.75) is 6.61 Å². The van der Waals surface area contributed by atoms with Gasteiger partial charge in [-0.1, -0.05) is 23.7 Å². The number of ether oxygens (including phenoxy) is 1. The zero-order valence-electron chi connectivity index (χ0n) is 15.8. The number of anilines is 1. The van der Waals surface area contributed by atoms with E-state index in [0.29, 0.717) is 37.6 Å². The van der Waals surface area contributed by atoms with Crippen molar-refractivity contribution in [3.63, 3.8) is 0 Å². The number of amides is 1. The number of halogens is 4. The molecule has 0 spiro atoms. The van der Waals surface area contributed by atoms with Crippen molar-refractivity contribution in [3.8, 4) is 11.8 Å². The highest BCUT2D eigenvalue weighted by atomic mass is 79.9. The van der Waals surface area contributed by atoms with Gasteiger partial charge in [0.25, 0.3) is 5.91 Å². The minimum Gasteiger partial charge on any atom is -0.487 e. The van der Waals surface area contributed by atoms with Gasteiger partial charge in [0.1, 0.15) is 29.8 Å². The van der Waals surface area contributed by atoms with Crippen molar-refractivity contribution in [2.75, 3.05) is 5.32 Å². The summed E-state index contributed by atoms with van der Waals surface area (Å²) in [5, 5.41) is 12.6. The van der Waals surface area contributed by atoms with Crippen LogP contribution in [0.25, 0.3) is 6.08 Å². The van der Waals surface area contributed by atoms with Gasteiger partial charge in [0.15, 0.2) is 0 Å². The first-order valence-corrected chi connectivity index (χ1v) is 10.9. The number of hydrogen-bond donors (Lipinski definition) is 1. The SMILES string of the molecule is N#C/C(=C\c1cc(Br)c(OCc2ccc(Cl)cc2)c(Br)c1)C(=O)Nc1ccc(F)cc1. The third-order valence-electron chi connectivity index (χ3n) is 4.10. The summed E-state index contributed by atoms with van der Waals surface area (Å²) in [7, 11) is 0. The smallest absolute Gasteiger partial charge is 0.266 e. The average molecular weight is 565 g/mol. The van der Waals surface area contributed by atoms with Crippen LogP contribution in [0.3, 0.4) is 0 Å². The van der Waals surface area contributed by atoms with Gasteiger partial charge in [0.05, 0.1) is 8.95 Å². The molecule has 3 rings (SSSR count).